The van der Waals surface area contributed by atoms with Crippen molar-refractivity contribution in [2.45, 2.75) is 18.2 Å². The van der Waals surface area contributed by atoms with Crippen LogP contribution in [0, 0.1) is 6.92 Å². The smallest absolute Gasteiger partial charge is 0.300 e. The largest absolute Gasteiger partial charge is 0.358 e. The van der Waals surface area contributed by atoms with Crippen molar-refractivity contribution in [3.63, 3.8) is 0 Å². The molecule has 2 rings (SSSR count). The fraction of sp³-hybridized carbons (Fsp3) is 0.250. The molecule has 2 aromatic rings. The summed E-state index contributed by atoms with van der Waals surface area (Å²) >= 11 is 1.44. The Bertz CT molecular complexity index is 577. The molecule has 90 valence electrons. The summed E-state index contributed by atoms with van der Waals surface area (Å²) in [6.07, 6.45) is -1.11. The van der Waals surface area contributed by atoms with E-state index >= 15 is 0 Å². The monoisotopic (exact) mass is 255 g/mol. The van der Waals surface area contributed by atoms with Gasteiger partial charge in [-0.1, -0.05) is 6.07 Å². The van der Waals surface area contributed by atoms with E-state index in [1.807, 2.05) is 18.4 Å². The number of aromatic nitrogens is 1. The standard InChI is InChI=1S/C12H11F2NOS/c1-6-9(11(16)12(13)14)10-7(15-6)4-3-5-8(10)17-2/h3-5,12,15H,1-2H3. The van der Waals surface area contributed by atoms with Gasteiger partial charge in [-0.25, -0.2) is 8.78 Å². The van der Waals surface area contributed by atoms with Crippen LogP contribution in [0.1, 0.15) is 16.1 Å². The van der Waals surface area contributed by atoms with Crippen LogP contribution in [-0.2, 0) is 0 Å². The van der Waals surface area contributed by atoms with Gasteiger partial charge >= 0.3 is 6.43 Å². The Balaban J connectivity index is 2.77. The summed E-state index contributed by atoms with van der Waals surface area (Å²) in [5, 5.41) is 0.600. The summed E-state index contributed by atoms with van der Waals surface area (Å²) in [6.45, 7) is 1.64. The van der Waals surface area contributed by atoms with E-state index in [4.69, 9.17) is 0 Å². The molecule has 0 radical (unpaired) electrons. The fourth-order valence-electron chi connectivity index (χ4n) is 1.93. The number of nitrogens with one attached hydrogen (secondary N) is 1. The molecule has 0 atom stereocenters. The van der Waals surface area contributed by atoms with Crippen LogP contribution in [0.15, 0.2) is 23.1 Å². The summed E-state index contributed by atoms with van der Waals surface area (Å²) in [7, 11) is 0. The van der Waals surface area contributed by atoms with Gasteiger partial charge in [-0.2, -0.15) is 0 Å². The van der Waals surface area contributed by atoms with Crippen molar-refractivity contribution in [1.82, 2.24) is 4.98 Å². The number of rotatable bonds is 3. The lowest BCUT2D eigenvalue weighted by Crippen LogP contribution is -2.11. The lowest BCUT2D eigenvalue weighted by Gasteiger charge is -2.03. The normalized spacial score (nSPS) is 11.4. The highest BCUT2D eigenvalue weighted by Crippen LogP contribution is 2.32. The fourth-order valence-corrected chi connectivity index (χ4v) is 2.56. The van der Waals surface area contributed by atoms with E-state index in [-0.39, 0.29) is 5.56 Å². The summed E-state index contributed by atoms with van der Waals surface area (Å²) < 4.78 is 25.1. The molecular formula is C12H11F2NOS. The first-order valence-electron chi connectivity index (χ1n) is 5.04. The summed E-state index contributed by atoms with van der Waals surface area (Å²) in [4.78, 5) is 15.3. The Labute approximate surface area is 101 Å². The van der Waals surface area contributed by atoms with Crippen LogP contribution in [0.2, 0.25) is 0 Å². The second-order valence-electron chi connectivity index (χ2n) is 3.67. The van der Waals surface area contributed by atoms with Crippen molar-refractivity contribution in [2.24, 2.45) is 0 Å². The van der Waals surface area contributed by atoms with Crippen molar-refractivity contribution >= 4 is 28.4 Å². The molecule has 0 bridgehead atoms. The van der Waals surface area contributed by atoms with Crippen molar-refractivity contribution in [3.8, 4) is 0 Å². The van der Waals surface area contributed by atoms with Crippen LogP contribution in [0.4, 0.5) is 8.78 Å². The summed E-state index contributed by atoms with van der Waals surface area (Å²) in [5.74, 6) is -1.12. The number of aryl methyl sites for hydroxylation is 1. The Morgan fingerprint density at radius 3 is 2.71 bits per heavy atom. The van der Waals surface area contributed by atoms with Crippen molar-refractivity contribution < 1.29 is 13.6 Å². The molecule has 0 aliphatic carbocycles. The molecule has 0 aliphatic heterocycles. The SMILES string of the molecule is CSc1cccc2[nH]c(C)c(C(=O)C(F)F)c12. The van der Waals surface area contributed by atoms with E-state index in [1.54, 1.807) is 13.0 Å². The number of ketones is 1. The van der Waals surface area contributed by atoms with Crippen LogP contribution in [-0.4, -0.2) is 23.4 Å². The second-order valence-corrected chi connectivity index (χ2v) is 4.52. The molecule has 1 aromatic heterocycles. The topological polar surface area (TPSA) is 32.9 Å². The number of carbonyl (C=O) groups excluding carboxylic acids is 1. The minimum absolute atomic E-state index is 0.111. The Kier molecular flexibility index (Phi) is 3.19. The first kappa shape index (κ1) is 12.1. The molecule has 5 heteroatoms. The predicted molar refractivity (Wildman–Crippen MR) is 65.2 cm³/mol. The molecule has 1 aromatic carbocycles. The molecule has 0 fully saturated rings. The number of hydrogen-bond donors (Lipinski definition) is 1. The zero-order valence-corrected chi connectivity index (χ0v) is 10.2. The molecule has 0 aliphatic rings. The van der Waals surface area contributed by atoms with Crippen molar-refractivity contribution in [2.75, 3.05) is 6.26 Å². The number of hydrogen-bond acceptors (Lipinski definition) is 2. The van der Waals surface area contributed by atoms with E-state index in [0.29, 0.717) is 11.1 Å². The van der Waals surface area contributed by atoms with Gasteiger partial charge in [0.05, 0.1) is 5.56 Å². The zero-order valence-electron chi connectivity index (χ0n) is 9.38. The molecule has 0 spiro atoms. The molecule has 2 nitrogen and oxygen atoms in total. The van der Waals surface area contributed by atoms with Gasteiger partial charge in [-0.3, -0.25) is 4.79 Å². The Hall–Kier alpha value is -1.36. The quantitative estimate of drug-likeness (QED) is 0.670. The van der Waals surface area contributed by atoms with Gasteiger partial charge in [-0.15, -0.1) is 11.8 Å². The molecule has 0 saturated carbocycles. The highest BCUT2D eigenvalue weighted by molar-refractivity contribution is 7.98. The molecule has 1 N–H and O–H groups in total. The number of benzene rings is 1. The average molecular weight is 255 g/mol. The molecule has 0 amide bonds. The Morgan fingerprint density at radius 2 is 2.12 bits per heavy atom. The van der Waals surface area contributed by atoms with Crippen molar-refractivity contribution in [3.05, 3.63) is 29.5 Å². The molecule has 17 heavy (non-hydrogen) atoms. The predicted octanol–water partition coefficient (Wildman–Crippen LogP) is 3.65. The molecular weight excluding hydrogens is 244 g/mol. The van der Waals surface area contributed by atoms with Crippen LogP contribution >= 0.6 is 11.8 Å². The minimum Gasteiger partial charge on any atom is -0.358 e. The van der Waals surface area contributed by atoms with E-state index < -0.39 is 12.2 Å². The summed E-state index contributed by atoms with van der Waals surface area (Å²) in [6, 6.07) is 5.44. The third kappa shape index (κ3) is 1.95. The number of fused-ring (bicyclic) bond motifs is 1. The van der Waals surface area contributed by atoms with Crippen LogP contribution in [0.5, 0.6) is 0 Å². The number of thioether (sulfide) groups is 1. The van der Waals surface area contributed by atoms with Crippen LogP contribution in [0.3, 0.4) is 0 Å². The van der Waals surface area contributed by atoms with E-state index in [0.717, 1.165) is 10.4 Å². The number of H-pyrrole nitrogens is 1. The second kappa shape index (κ2) is 4.49. The minimum atomic E-state index is -2.97. The van der Waals surface area contributed by atoms with Crippen molar-refractivity contribution in [1.29, 1.82) is 0 Å². The average Bonchev–Trinajstić information content (AvgIpc) is 2.63. The zero-order chi connectivity index (χ0) is 12.6. The number of aromatic amines is 1. The lowest BCUT2D eigenvalue weighted by molar-refractivity contribution is 0.0680. The van der Waals surface area contributed by atoms with Gasteiger partial charge in [-0.05, 0) is 25.3 Å². The molecule has 0 unspecified atom stereocenters. The molecule has 0 saturated heterocycles. The summed E-state index contributed by atoms with van der Waals surface area (Å²) in [5.41, 5.74) is 1.32. The van der Waals surface area contributed by atoms with Gasteiger partial charge in [0.15, 0.2) is 0 Å². The maximum atomic E-state index is 12.6. The van der Waals surface area contributed by atoms with Gasteiger partial charge in [0.2, 0.25) is 5.78 Å². The van der Waals surface area contributed by atoms with Crippen LogP contribution < -0.4 is 0 Å². The van der Waals surface area contributed by atoms with E-state index in [9.17, 15) is 13.6 Å². The van der Waals surface area contributed by atoms with Gasteiger partial charge < -0.3 is 4.98 Å². The van der Waals surface area contributed by atoms with Gasteiger partial charge in [0, 0.05) is 21.5 Å². The maximum Gasteiger partial charge on any atom is 0.300 e. The lowest BCUT2D eigenvalue weighted by atomic mass is 10.1. The number of halogens is 2. The highest BCUT2D eigenvalue weighted by atomic mass is 32.2. The number of Topliss-reactive ketones (excluding diaryl/α,β-unsaturated/α-hetero) is 1. The molecule has 1 heterocycles. The number of alkyl halides is 2. The van der Waals surface area contributed by atoms with E-state index in [2.05, 4.69) is 4.98 Å². The first-order chi connectivity index (χ1) is 8.06. The first-order valence-corrected chi connectivity index (χ1v) is 6.26. The third-order valence-corrected chi connectivity index (χ3v) is 3.42. The van der Waals surface area contributed by atoms with Gasteiger partial charge in [0.25, 0.3) is 0 Å². The maximum absolute atomic E-state index is 12.6. The van der Waals surface area contributed by atoms with E-state index in [1.165, 1.54) is 11.8 Å². The van der Waals surface area contributed by atoms with Gasteiger partial charge in [0.1, 0.15) is 0 Å². The number of carbonyl (C=O) groups is 1. The highest BCUT2D eigenvalue weighted by Gasteiger charge is 2.25. The third-order valence-electron chi connectivity index (χ3n) is 2.64. The van der Waals surface area contributed by atoms with Crippen LogP contribution in [0.25, 0.3) is 10.9 Å². The Morgan fingerprint density at radius 1 is 1.41 bits per heavy atom.